The van der Waals surface area contributed by atoms with Gasteiger partial charge in [0.1, 0.15) is 0 Å². The minimum atomic E-state index is 0.430. The third-order valence-corrected chi connectivity index (χ3v) is 3.95. The van der Waals surface area contributed by atoms with E-state index in [0.29, 0.717) is 6.04 Å². The molecule has 1 fully saturated rings. The first-order valence-corrected chi connectivity index (χ1v) is 7.22. The van der Waals surface area contributed by atoms with Gasteiger partial charge in [-0.2, -0.15) is 5.10 Å². The molecular weight excluding hydrogens is 248 g/mol. The van der Waals surface area contributed by atoms with Crippen molar-refractivity contribution in [1.82, 2.24) is 20.0 Å². The number of nitrogens with one attached hydrogen (secondary N) is 1. The molecule has 1 unspecified atom stereocenters. The van der Waals surface area contributed by atoms with Gasteiger partial charge in [-0.15, -0.1) is 0 Å². The number of nitrogens with zero attached hydrogens (tertiary/aromatic N) is 3. The van der Waals surface area contributed by atoms with Crippen molar-refractivity contribution in [2.45, 2.75) is 19.5 Å². The van der Waals surface area contributed by atoms with Crippen LogP contribution in [0.25, 0.3) is 0 Å². The summed E-state index contributed by atoms with van der Waals surface area (Å²) in [6.07, 6.45) is 0. The molecule has 1 aliphatic rings. The Morgan fingerprint density at radius 2 is 2.10 bits per heavy atom. The maximum absolute atomic E-state index is 4.43. The molecule has 4 nitrogen and oxygen atoms in total. The van der Waals surface area contributed by atoms with E-state index in [1.54, 1.807) is 0 Å². The van der Waals surface area contributed by atoms with Crippen LogP contribution in [0.15, 0.2) is 36.4 Å². The highest BCUT2D eigenvalue weighted by Gasteiger charge is 2.21. The summed E-state index contributed by atoms with van der Waals surface area (Å²) in [6, 6.07) is 13.3. The van der Waals surface area contributed by atoms with E-state index in [1.807, 2.05) is 18.7 Å². The molecule has 1 saturated heterocycles. The number of aryl methyl sites for hydroxylation is 2. The molecule has 1 aromatic heterocycles. The monoisotopic (exact) mass is 270 g/mol. The first kappa shape index (κ1) is 13.3. The Balaban J connectivity index is 1.68. The molecule has 4 heteroatoms. The quantitative estimate of drug-likeness (QED) is 0.924. The molecule has 0 aliphatic carbocycles. The molecule has 1 N–H and O–H groups in total. The van der Waals surface area contributed by atoms with Crippen LogP contribution < -0.4 is 5.32 Å². The summed E-state index contributed by atoms with van der Waals surface area (Å²) >= 11 is 0. The largest absolute Gasteiger partial charge is 0.308 e. The molecule has 2 heterocycles. The summed E-state index contributed by atoms with van der Waals surface area (Å²) in [5, 5.41) is 8.03. The number of piperazine rings is 1. The fourth-order valence-corrected chi connectivity index (χ4v) is 2.90. The number of benzene rings is 1. The summed E-state index contributed by atoms with van der Waals surface area (Å²) in [5.41, 5.74) is 3.76. The third kappa shape index (κ3) is 2.92. The Kier molecular flexibility index (Phi) is 3.85. The van der Waals surface area contributed by atoms with Gasteiger partial charge in [0.15, 0.2) is 0 Å². The van der Waals surface area contributed by atoms with E-state index in [2.05, 4.69) is 51.7 Å². The molecule has 0 amide bonds. The van der Waals surface area contributed by atoms with Crippen LogP contribution in [0.5, 0.6) is 0 Å². The predicted molar refractivity (Wildman–Crippen MR) is 80.4 cm³/mol. The maximum atomic E-state index is 4.43. The van der Waals surface area contributed by atoms with Gasteiger partial charge in [0.25, 0.3) is 0 Å². The highest BCUT2D eigenvalue weighted by atomic mass is 15.3. The lowest BCUT2D eigenvalue weighted by atomic mass is 10.0. The number of hydrogen-bond acceptors (Lipinski definition) is 3. The fourth-order valence-electron chi connectivity index (χ4n) is 2.90. The SMILES string of the molecule is Cc1cc(CN2CCNC(c3ccccc3)C2)n(C)n1. The van der Waals surface area contributed by atoms with E-state index in [9.17, 15) is 0 Å². The van der Waals surface area contributed by atoms with E-state index in [1.165, 1.54) is 11.3 Å². The average Bonchev–Trinajstić information content (AvgIpc) is 2.78. The Morgan fingerprint density at radius 3 is 2.80 bits per heavy atom. The van der Waals surface area contributed by atoms with Crippen molar-refractivity contribution in [3.8, 4) is 0 Å². The molecule has 0 saturated carbocycles. The number of rotatable bonds is 3. The lowest BCUT2D eigenvalue weighted by Gasteiger charge is -2.33. The smallest absolute Gasteiger partial charge is 0.0597 e. The van der Waals surface area contributed by atoms with Gasteiger partial charge in [0.2, 0.25) is 0 Å². The van der Waals surface area contributed by atoms with Crippen molar-refractivity contribution in [2.75, 3.05) is 19.6 Å². The second kappa shape index (κ2) is 5.77. The predicted octanol–water partition coefficient (Wildman–Crippen LogP) is 1.88. The minimum Gasteiger partial charge on any atom is -0.308 e. The molecule has 1 aromatic carbocycles. The molecule has 1 aliphatic heterocycles. The molecule has 3 rings (SSSR count). The standard InChI is InChI=1S/C16H22N4/c1-13-10-15(19(2)18-13)11-20-9-8-17-16(12-20)14-6-4-3-5-7-14/h3-7,10,16-17H,8-9,11-12H2,1-2H3. The van der Waals surface area contributed by atoms with Gasteiger partial charge in [0, 0.05) is 39.3 Å². The fraction of sp³-hybridized carbons (Fsp3) is 0.438. The summed E-state index contributed by atoms with van der Waals surface area (Å²) in [5.74, 6) is 0. The normalized spacial score (nSPS) is 20.2. The molecule has 20 heavy (non-hydrogen) atoms. The zero-order chi connectivity index (χ0) is 13.9. The van der Waals surface area contributed by atoms with E-state index in [4.69, 9.17) is 0 Å². The van der Waals surface area contributed by atoms with Crippen LogP contribution >= 0.6 is 0 Å². The van der Waals surface area contributed by atoms with Gasteiger partial charge in [-0.3, -0.25) is 9.58 Å². The Morgan fingerprint density at radius 1 is 1.30 bits per heavy atom. The number of hydrogen-bond donors (Lipinski definition) is 1. The van der Waals surface area contributed by atoms with E-state index in [0.717, 1.165) is 31.9 Å². The van der Waals surface area contributed by atoms with Crippen LogP contribution in [0.1, 0.15) is 23.0 Å². The molecule has 0 spiro atoms. The lowest BCUT2D eigenvalue weighted by molar-refractivity contribution is 0.189. The van der Waals surface area contributed by atoms with Crippen LogP contribution in [-0.4, -0.2) is 34.3 Å². The van der Waals surface area contributed by atoms with Crippen molar-refractivity contribution in [3.05, 3.63) is 53.3 Å². The Bertz CT molecular complexity index is 561. The van der Waals surface area contributed by atoms with Crippen LogP contribution in [0.3, 0.4) is 0 Å². The molecular formula is C16H22N4. The van der Waals surface area contributed by atoms with E-state index in [-0.39, 0.29) is 0 Å². The molecule has 106 valence electrons. The Labute approximate surface area is 120 Å². The van der Waals surface area contributed by atoms with Crippen molar-refractivity contribution in [2.24, 2.45) is 7.05 Å². The Hall–Kier alpha value is -1.65. The maximum Gasteiger partial charge on any atom is 0.0597 e. The highest BCUT2D eigenvalue weighted by Crippen LogP contribution is 2.18. The van der Waals surface area contributed by atoms with Gasteiger partial charge in [-0.25, -0.2) is 0 Å². The van der Waals surface area contributed by atoms with Crippen LogP contribution in [0.4, 0.5) is 0 Å². The van der Waals surface area contributed by atoms with E-state index >= 15 is 0 Å². The van der Waals surface area contributed by atoms with E-state index < -0.39 is 0 Å². The first-order chi connectivity index (χ1) is 9.72. The van der Waals surface area contributed by atoms with Gasteiger partial charge < -0.3 is 5.32 Å². The molecule has 1 atom stereocenters. The second-order valence-electron chi connectivity index (χ2n) is 5.55. The molecule has 0 radical (unpaired) electrons. The average molecular weight is 270 g/mol. The summed E-state index contributed by atoms with van der Waals surface area (Å²) < 4.78 is 1.99. The van der Waals surface area contributed by atoms with Crippen molar-refractivity contribution >= 4 is 0 Å². The summed E-state index contributed by atoms with van der Waals surface area (Å²) in [7, 11) is 2.03. The van der Waals surface area contributed by atoms with Gasteiger partial charge >= 0.3 is 0 Å². The molecule has 2 aromatic rings. The summed E-state index contributed by atoms with van der Waals surface area (Å²) in [6.45, 7) is 6.20. The minimum absolute atomic E-state index is 0.430. The zero-order valence-electron chi connectivity index (χ0n) is 12.2. The summed E-state index contributed by atoms with van der Waals surface area (Å²) in [4.78, 5) is 2.50. The molecule has 0 bridgehead atoms. The topological polar surface area (TPSA) is 33.1 Å². The zero-order valence-corrected chi connectivity index (χ0v) is 12.2. The van der Waals surface area contributed by atoms with Gasteiger partial charge in [-0.1, -0.05) is 30.3 Å². The van der Waals surface area contributed by atoms with Gasteiger partial charge in [-0.05, 0) is 18.6 Å². The van der Waals surface area contributed by atoms with Crippen LogP contribution in [-0.2, 0) is 13.6 Å². The highest BCUT2D eigenvalue weighted by molar-refractivity contribution is 5.20. The van der Waals surface area contributed by atoms with Crippen molar-refractivity contribution < 1.29 is 0 Å². The number of aromatic nitrogens is 2. The van der Waals surface area contributed by atoms with Crippen molar-refractivity contribution in [3.63, 3.8) is 0 Å². The third-order valence-electron chi connectivity index (χ3n) is 3.95. The van der Waals surface area contributed by atoms with Crippen molar-refractivity contribution in [1.29, 1.82) is 0 Å². The second-order valence-corrected chi connectivity index (χ2v) is 5.55. The lowest BCUT2D eigenvalue weighted by Crippen LogP contribution is -2.45. The van der Waals surface area contributed by atoms with Crippen LogP contribution in [0, 0.1) is 6.92 Å². The van der Waals surface area contributed by atoms with Gasteiger partial charge in [0.05, 0.1) is 11.4 Å². The van der Waals surface area contributed by atoms with Crippen LogP contribution in [0.2, 0.25) is 0 Å². The first-order valence-electron chi connectivity index (χ1n) is 7.22.